The van der Waals surface area contributed by atoms with Crippen LogP contribution in [0.25, 0.3) is 11.6 Å². The Balaban J connectivity index is 1.23. The number of aromatic nitrogens is 1. The Morgan fingerprint density at radius 3 is 2.67 bits per heavy atom. The highest BCUT2D eigenvalue weighted by molar-refractivity contribution is 6.41. The molecule has 2 atom stereocenters. The van der Waals surface area contributed by atoms with Gasteiger partial charge in [0.15, 0.2) is 11.6 Å². The molecule has 0 bridgehead atoms. The number of nitrogens with one attached hydrogen (secondary N) is 1. The van der Waals surface area contributed by atoms with Crippen LogP contribution >= 0.6 is 0 Å². The van der Waals surface area contributed by atoms with Gasteiger partial charge in [0.2, 0.25) is 0 Å². The lowest BCUT2D eigenvalue weighted by Gasteiger charge is -2.40. The molecule has 2 unspecified atom stereocenters. The number of nitrogens with zero attached hydrogens (tertiary/aromatic N) is 2. The van der Waals surface area contributed by atoms with E-state index < -0.39 is 0 Å². The number of fused-ring (bicyclic) bond motifs is 4. The van der Waals surface area contributed by atoms with Gasteiger partial charge in [0.1, 0.15) is 17.7 Å². The zero-order valence-corrected chi connectivity index (χ0v) is 21.7. The predicted octanol–water partition coefficient (Wildman–Crippen LogP) is 6.02. The molecule has 0 amide bonds. The van der Waals surface area contributed by atoms with Crippen molar-refractivity contribution in [1.29, 1.82) is 0 Å². The topological polar surface area (TPSA) is 75.4 Å². The van der Waals surface area contributed by atoms with Gasteiger partial charge in [0.05, 0.1) is 17.2 Å². The van der Waals surface area contributed by atoms with Crippen LogP contribution in [0, 0.1) is 0 Å². The van der Waals surface area contributed by atoms with Crippen LogP contribution in [-0.2, 0) is 5.41 Å². The van der Waals surface area contributed by atoms with Crippen molar-refractivity contribution >= 4 is 28.9 Å². The van der Waals surface area contributed by atoms with Crippen molar-refractivity contribution < 1.29 is 14.0 Å². The Hall–Kier alpha value is -4.71. The minimum Gasteiger partial charge on any atom is -0.456 e. The van der Waals surface area contributed by atoms with Crippen molar-refractivity contribution in [3.63, 3.8) is 0 Å². The second-order valence-corrected chi connectivity index (χ2v) is 10.8. The van der Waals surface area contributed by atoms with E-state index in [1.807, 2.05) is 18.3 Å². The maximum absolute atomic E-state index is 12.9. The molecule has 0 radical (unpaired) electrons. The third-order valence-corrected chi connectivity index (χ3v) is 8.11. The maximum Gasteiger partial charge on any atom is 0.199 e. The van der Waals surface area contributed by atoms with Crippen molar-refractivity contribution in [2.45, 2.75) is 37.9 Å². The summed E-state index contributed by atoms with van der Waals surface area (Å²) in [5.41, 5.74) is 4.92. The molecule has 0 saturated heterocycles. The molecule has 2 aromatic heterocycles. The van der Waals surface area contributed by atoms with Gasteiger partial charge in [0.25, 0.3) is 0 Å². The van der Waals surface area contributed by atoms with Gasteiger partial charge in [-0.1, -0.05) is 56.4 Å². The highest BCUT2D eigenvalue weighted by Gasteiger charge is 2.44. The second kappa shape index (κ2) is 8.67. The van der Waals surface area contributed by atoms with Crippen molar-refractivity contribution in [2.75, 3.05) is 4.90 Å². The number of benzene rings is 1. The zero-order valence-electron chi connectivity index (χ0n) is 21.7. The molecule has 3 heterocycles. The first-order chi connectivity index (χ1) is 18.9. The van der Waals surface area contributed by atoms with Crippen molar-refractivity contribution in [1.82, 2.24) is 10.3 Å². The van der Waals surface area contributed by atoms with Crippen molar-refractivity contribution in [3.05, 3.63) is 131 Å². The number of anilines is 1. The van der Waals surface area contributed by atoms with E-state index in [0.29, 0.717) is 16.9 Å². The summed E-state index contributed by atoms with van der Waals surface area (Å²) in [6, 6.07) is 14.2. The average Bonchev–Trinajstić information content (AvgIpc) is 3.56. The lowest BCUT2D eigenvalue weighted by atomic mass is 9.81. The summed E-state index contributed by atoms with van der Waals surface area (Å²) in [7, 11) is 0. The number of hydrogen-bond acceptors (Lipinski definition) is 6. The maximum atomic E-state index is 12.9. The van der Waals surface area contributed by atoms with E-state index in [2.05, 4.69) is 83.7 Å². The zero-order chi connectivity index (χ0) is 26.7. The molecule has 0 saturated carbocycles. The second-order valence-electron chi connectivity index (χ2n) is 10.8. The molecule has 1 N–H and O–H groups in total. The van der Waals surface area contributed by atoms with Crippen LogP contribution < -0.4 is 10.2 Å². The molecule has 7 rings (SSSR count). The van der Waals surface area contributed by atoms with E-state index in [4.69, 9.17) is 4.42 Å². The minimum absolute atomic E-state index is 0.0435. The Morgan fingerprint density at radius 1 is 1.08 bits per heavy atom. The van der Waals surface area contributed by atoms with Gasteiger partial charge in [-0.25, -0.2) is 0 Å². The number of ketones is 2. The van der Waals surface area contributed by atoms with Gasteiger partial charge in [0, 0.05) is 46.4 Å². The Labute approximate surface area is 226 Å². The number of para-hydroxylation sites is 1. The molecule has 39 heavy (non-hydrogen) atoms. The van der Waals surface area contributed by atoms with E-state index >= 15 is 0 Å². The van der Waals surface area contributed by atoms with Gasteiger partial charge < -0.3 is 14.6 Å². The normalized spacial score (nSPS) is 23.2. The van der Waals surface area contributed by atoms with Gasteiger partial charge in [-0.05, 0) is 48.4 Å². The fourth-order valence-corrected chi connectivity index (χ4v) is 6.10. The summed E-state index contributed by atoms with van der Waals surface area (Å²) in [6.07, 6.45) is 18.4. The summed E-state index contributed by atoms with van der Waals surface area (Å²) >= 11 is 0. The van der Waals surface area contributed by atoms with Crippen molar-refractivity contribution in [2.24, 2.45) is 0 Å². The van der Waals surface area contributed by atoms with Gasteiger partial charge in [-0.2, -0.15) is 0 Å². The molecule has 0 fully saturated rings. The van der Waals surface area contributed by atoms with Crippen LogP contribution in [0.5, 0.6) is 0 Å². The molecule has 3 aliphatic carbocycles. The molecule has 3 aromatic rings. The quantitative estimate of drug-likeness (QED) is 0.340. The first-order valence-electron chi connectivity index (χ1n) is 13.2. The van der Waals surface area contributed by atoms with Crippen LogP contribution in [0.2, 0.25) is 0 Å². The Bertz CT molecular complexity index is 1650. The van der Waals surface area contributed by atoms with Crippen LogP contribution in [0.3, 0.4) is 0 Å². The number of rotatable bonds is 4. The van der Waals surface area contributed by atoms with Crippen LogP contribution in [0.4, 0.5) is 5.69 Å². The smallest absolute Gasteiger partial charge is 0.199 e. The molecule has 1 aromatic carbocycles. The summed E-state index contributed by atoms with van der Waals surface area (Å²) in [6.45, 7) is 4.38. The molecule has 192 valence electrons. The number of hydrogen-bond donors (Lipinski definition) is 1. The average molecular weight is 514 g/mol. The molecule has 0 spiro atoms. The van der Waals surface area contributed by atoms with Gasteiger partial charge in [-0.3, -0.25) is 14.6 Å². The Kier molecular flexibility index (Phi) is 5.20. The monoisotopic (exact) mass is 513 g/mol. The standard InChI is InChI=1S/C33H27N3O3/c1-33(2)27-17-29(36(20-9-5-3-6-10-20)21-11-7-4-8-12-21)35-19-26(27)32-28(33)16-22(39-32)15-24-30(37)23-13-14-34-18-25(23)31(24)38/h3-11,13-19,21,29,35H,12H2,1-2H3/b24-15+. The fraction of sp³-hybridized carbons (Fsp3) is 0.182. The fourth-order valence-electron chi connectivity index (χ4n) is 6.10. The minimum atomic E-state index is -0.316. The molecule has 4 aliphatic rings. The third kappa shape index (κ3) is 3.59. The number of carbonyl (C=O) groups is 2. The predicted molar refractivity (Wildman–Crippen MR) is 151 cm³/mol. The van der Waals surface area contributed by atoms with Crippen LogP contribution in [0.15, 0.2) is 107 Å². The van der Waals surface area contributed by atoms with Gasteiger partial charge >= 0.3 is 0 Å². The number of dihydropyridines is 1. The molecular weight excluding hydrogens is 486 g/mol. The van der Waals surface area contributed by atoms with Crippen LogP contribution in [-0.4, -0.2) is 28.8 Å². The largest absolute Gasteiger partial charge is 0.456 e. The van der Waals surface area contributed by atoms with Crippen molar-refractivity contribution in [3.8, 4) is 0 Å². The molecule has 1 aliphatic heterocycles. The SMILES string of the molecule is CC1(C)C2=CC(N(c3ccccc3)C3C=CC=CC3)NC=C2c2oc(/C=C3\C(=O)c4ccncc4C3=O)cc21. The van der Waals surface area contributed by atoms with E-state index in [0.717, 1.165) is 29.0 Å². The molecule has 6 heteroatoms. The lowest BCUT2D eigenvalue weighted by Crippen LogP contribution is -2.49. The summed E-state index contributed by atoms with van der Waals surface area (Å²) in [4.78, 5) is 32.2. The highest BCUT2D eigenvalue weighted by atomic mass is 16.3. The number of furan rings is 1. The first-order valence-corrected chi connectivity index (χ1v) is 13.2. The van der Waals surface area contributed by atoms with E-state index in [-0.39, 0.29) is 34.8 Å². The van der Waals surface area contributed by atoms with E-state index in [1.165, 1.54) is 18.0 Å². The Morgan fingerprint density at radius 2 is 1.90 bits per heavy atom. The number of allylic oxidation sites excluding steroid dienone is 5. The first kappa shape index (κ1) is 23.4. The summed E-state index contributed by atoms with van der Waals surface area (Å²) < 4.78 is 6.31. The lowest BCUT2D eigenvalue weighted by molar-refractivity contribution is 0.0990. The van der Waals surface area contributed by atoms with E-state index in [1.54, 1.807) is 12.1 Å². The van der Waals surface area contributed by atoms with Crippen LogP contribution in [0.1, 0.15) is 58.1 Å². The number of Topliss-reactive ketones (excluding diaryl/α,β-unsaturated/α-hetero) is 2. The van der Waals surface area contributed by atoms with E-state index in [9.17, 15) is 9.59 Å². The van der Waals surface area contributed by atoms with Gasteiger partial charge in [-0.15, -0.1) is 0 Å². The number of pyridine rings is 1. The summed E-state index contributed by atoms with van der Waals surface area (Å²) in [5.74, 6) is 0.668. The molecule has 6 nitrogen and oxygen atoms in total. The molecular formula is C33H27N3O3. The highest BCUT2D eigenvalue weighted by Crippen LogP contribution is 2.52. The third-order valence-electron chi connectivity index (χ3n) is 8.11. The number of carbonyl (C=O) groups excluding carboxylic acids is 2. The summed E-state index contributed by atoms with van der Waals surface area (Å²) in [5, 5.41) is 3.61.